The zero-order chi connectivity index (χ0) is 17.7. The molecule has 2 aromatic rings. The number of imidazole rings is 1. The number of carbonyl (C=O) groups excluding carboxylic acids is 1. The Balaban J connectivity index is 1.81. The molecule has 2 aliphatic rings. The molecule has 0 spiro atoms. The van der Waals surface area contributed by atoms with Crippen LogP contribution in [0.4, 0.5) is 19.4 Å². The minimum atomic E-state index is -2.71. The molecular weight excluding hydrogens is 400 g/mol. The van der Waals surface area contributed by atoms with Gasteiger partial charge in [0, 0.05) is 10.7 Å². The summed E-state index contributed by atoms with van der Waals surface area (Å²) in [6.45, 7) is 2.05. The standard InChI is InChI=1S/C16H14BrF2N3O3/c1-8-5-21-6-13(22-11(14(18)19)7-24-16(22)23)20-15(21)10-3-2-9(17)4-12(10)25-8/h2-4,6,8,11,14H,5,7H2,1H3. The average molecular weight is 414 g/mol. The second kappa shape index (κ2) is 5.98. The lowest BCUT2D eigenvalue weighted by molar-refractivity contribution is 0.104. The van der Waals surface area contributed by atoms with E-state index in [2.05, 4.69) is 20.9 Å². The maximum absolute atomic E-state index is 13.2. The van der Waals surface area contributed by atoms with E-state index in [-0.39, 0.29) is 18.5 Å². The van der Waals surface area contributed by atoms with Gasteiger partial charge in [-0.2, -0.15) is 0 Å². The van der Waals surface area contributed by atoms with Gasteiger partial charge >= 0.3 is 6.09 Å². The number of anilines is 1. The van der Waals surface area contributed by atoms with E-state index in [1.807, 2.05) is 29.7 Å². The van der Waals surface area contributed by atoms with Gasteiger partial charge in [-0.25, -0.2) is 23.5 Å². The van der Waals surface area contributed by atoms with Gasteiger partial charge in [0.2, 0.25) is 0 Å². The quantitative estimate of drug-likeness (QED) is 0.753. The molecule has 0 bridgehead atoms. The third-order valence-electron chi connectivity index (χ3n) is 4.17. The zero-order valence-electron chi connectivity index (χ0n) is 13.2. The molecule has 6 nitrogen and oxygen atoms in total. The Morgan fingerprint density at radius 1 is 1.40 bits per heavy atom. The molecule has 25 heavy (non-hydrogen) atoms. The number of rotatable bonds is 2. The summed E-state index contributed by atoms with van der Waals surface area (Å²) >= 11 is 3.41. The number of benzene rings is 1. The molecule has 2 aliphatic heterocycles. The Bertz CT molecular complexity index is 842. The van der Waals surface area contributed by atoms with Crippen molar-refractivity contribution in [2.45, 2.75) is 32.0 Å². The molecule has 1 fully saturated rings. The highest BCUT2D eigenvalue weighted by atomic mass is 79.9. The summed E-state index contributed by atoms with van der Waals surface area (Å²) in [6.07, 6.45) is -2.07. The third kappa shape index (κ3) is 2.76. The molecule has 1 aromatic heterocycles. The fourth-order valence-electron chi connectivity index (χ4n) is 3.07. The molecule has 1 amide bonds. The molecule has 2 unspecified atom stereocenters. The fraction of sp³-hybridized carbons (Fsp3) is 0.375. The molecule has 1 aromatic carbocycles. The van der Waals surface area contributed by atoms with Crippen molar-refractivity contribution in [3.8, 4) is 17.1 Å². The summed E-state index contributed by atoms with van der Waals surface area (Å²) in [7, 11) is 0. The molecule has 0 N–H and O–H groups in total. The van der Waals surface area contributed by atoms with E-state index in [9.17, 15) is 13.6 Å². The maximum atomic E-state index is 13.2. The third-order valence-corrected chi connectivity index (χ3v) is 4.67. The van der Waals surface area contributed by atoms with Crippen LogP contribution in [0.25, 0.3) is 11.4 Å². The zero-order valence-corrected chi connectivity index (χ0v) is 14.7. The lowest BCUT2D eigenvalue weighted by Crippen LogP contribution is -2.38. The van der Waals surface area contributed by atoms with Crippen LogP contribution in [0.2, 0.25) is 0 Å². The van der Waals surface area contributed by atoms with Crippen LogP contribution < -0.4 is 9.64 Å². The van der Waals surface area contributed by atoms with Gasteiger partial charge in [0.25, 0.3) is 6.43 Å². The van der Waals surface area contributed by atoms with Crippen LogP contribution in [0, 0.1) is 0 Å². The van der Waals surface area contributed by atoms with Crippen molar-refractivity contribution in [3.63, 3.8) is 0 Å². The van der Waals surface area contributed by atoms with Crippen LogP contribution in [-0.2, 0) is 11.3 Å². The normalized spacial score (nSPS) is 22.3. The second-order valence-electron chi connectivity index (χ2n) is 5.99. The largest absolute Gasteiger partial charge is 0.488 e. The number of aromatic nitrogens is 2. The number of cyclic esters (lactones) is 1. The maximum Gasteiger partial charge on any atom is 0.416 e. The van der Waals surface area contributed by atoms with Crippen LogP contribution in [0.5, 0.6) is 5.75 Å². The summed E-state index contributed by atoms with van der Waals surface area (Å²) in [6, 6.07) is 4.20. The first kappa shape index (κ1) is 16.3. The van der Waals surface area contributed by atoms with Gasteiger partial charge in [-0.1, -0.05) is 15.9 Å². The van der Waals surface area contributed by atoms with Crippen molar-refractivity contribution < 1.29 is 23.0 Å². The van der Waals surface area contributed by atoms with E-state index in [0.717, 1.165) is 14.9 Å². The van der Waals surface area contributed by atoms with Crippen LogP contribution in [0.1, 0.15) is 6.92 Å². The number of hydrogen-bond donors (Lipinski definition) is 0. The first-order valence-corrected chi connectivity index (χ1v) is 8.51. The summed E-state index contributed by atoms with van der Waals surface area (Å²) in [4.78, 5) is 17.3. The second-order valence-corrected chi connectivity index (χ2v) is 6.91. The molecule has 1 saturated heterocycles. The van der Waals surface area contributed by atoms with Crippen molar-refractivity contribution >= 4 is 27.8 Å². The van der Waals surface area contributed by atoms with Crippen molar-refractivity contribution in [1.82, 2.24) is 9.55 Å². The lowest BCUT2D eigenvalue weighted by atomic mass is 10.2. The first-order valence-electron chi connectivity index (χ1n) is 7.72. The highest BCUT2D eigenvalue weighted by Crippen LogP contribution is 2.37. The van der Waals surface area contributed by atoms with E-state index in [1.165, 1.54) is 0 Å². The highest BCUT2D eigenvalue weighted by molar-refractivity contribution is 9.10. The minimum Gasteiger partial charge on any atom is -0.488 e. The van der Waals surface area contributed by atoms with E-state index in [1.54, 1.807) is 6.20 Å². The summed E-state index contributed by atoms with van der Waals surface area (Å²) < 4.78 is 39.8. The number of hydrogen-bond acceptors (Lipinski definition) is 4. The molecule has 4 rings (SSSR count). The Morgan fingerprint density at radius 3 is 2.96 bits per heavy atom. The van der Waals surface area contributed by atoms with E-state index >= 15 is 0 Å². The van der Waals surface area contributed by atoms with Crippen molar-refractivity contribution in [2.75, 3.05) is 11.5 Å². The van der Waals surface area contributed by atoms with Crippen molar-refractivity contribution in [1.29, 1.82) is 0 Å². The van der Waals surface area contributed by atoms with Crippen LogP contribution in [0.3, 0.4) is 0 Å². The number of carbonyl (C=O) groups is 1. The van der Waals surface area contributed by atoms with Crippen LogP contribution >= 0.6 is 15.9 Å². The Labute approximate surface area is 150 Å². The number of alkyl halides is 2. The van der Waals surface area contributed by atoms with Gasteiger partial charge in [-0.05, 0) is 25.1 Å². The number of ether oxygens (including phenoxy) is 2. The summed E-state index contributed by atoms with van der Waals surface area (Å²) in [5.74, 6) is 1.37. The Kier molecular flexibility index (Phi) is 3.90. The molecule has 0 radical (unpaired) electrons. The predicted octanol–water partition coefficient (Wildman–Crippen LogP) is 3.68. The molecule has 132 valence electrons. The number of fused-ring (bicyclic) bond motifs is 3. The van der Waals surface area contributed by atoms with Gasteiger partial charge in [-0.3, -0.25) is 0 Å². The molecular formula is C16H14BrF2N3O3. The van der Waals surface area contributed by atoms with Gasteiger partial charge in [0.1, 0.15) is 30.3 Å². The fourth-order valence-corrected chi connectivity index (χ4v) is 3.41. The minimum absolute atomic E-state index is 0.146. The van der Waals surface area contributed by atoms with Gasteiger partial charge in [0.05, 0.1) is 12.1 Å². The molecule has 3 heterocycles. The monoisotopic (exact) mass is 413 g/mol. The lowest BCUT2D eigenvalue weighted by Gasteiger charge is -2.18. The topological polar surface area (TPSA) is 56.6 Å². The smallest absolute Gasteiger partial charge is 0.416 e. The summed E-state index contributed by atoms with van der Waals surface area (Å²) in [5.41, 5.74) is 0.736. The van der Waals surface area contributed by atoms with Gasteiger partial charge < -0.3 is 14.0 Å². The van der Waals surface area contributed by atoms with Crippen LogP contribution in [-0.4, -0.2) is 40.8 Å². The number of halogens is 3. The molecule has 0 saturated carbocycles. The SMILES string of the molecule is CC1Cn2cc(N3C(=O)OCC3C(F)F)nc2-c2ccc(Br)cc2O1. The van der Waals surface area contributed by atoms with Crippen LogP contribution in [0.15, 0.2) is 28.9 Å². The van der Waals surface area contributed by atoms with E-state index in [4.69, 9.17) is 9.47 Å². The highest BCUT2D eigenvalue weighted by Gasteiger charge is 2.42. The first-order chi connectivity index (χ1) is 11.9. The van der Waals surface area contributed by atoms with Gasteiger partial charge in [-0.15, -0.1) is 0 Å². The van der Waals surface area contributed by atoms with Crippen molar-refractivity contribution in [3.05, 3.63) is 28.9 Å². The Morgan fingerprint density at radius 2 is 2.20 bits per heavy atom. The molecule has 9 heteroatoms. The van der Waals surface area contributed by atoms with E-state index in [0.29, 0.717) is 18.1 Å². The Hall–Kier alpha value is -2.16. The molecule has 0 aliphatic carbocycles. The number of amides is 1. The summed E-state index contributed by atoms with van der Waals surface area (Å²) in [5, 5.41) is 0. The van der Waals surface area contributed by atoms with Crippen molar-refractivity contribution in [2.24, 2.45) is 0 Å². The van der Waals surface area contributed by atoms with E-state index < -0.39 is 18.6 Å². The molecule has 2 atom stereocenters. The number of nitrogens with zero attached hydrogens (tertiary/aromatic N) is 3. The van der Waals surface area contributed by atoms with Gasteiger partial charge in [0.15, 0.2) is 5.82 Å². The predicted molar refractivity (Wildman–Crippen MR) is 89.1 cm³/mol. The average Bonchev–Trinajstić information content (AvgIpc) is 3.08.